The maximum atomic E-state index is 12.3. The van der Waals surface area contributed by atoms with Gasteiger partial charge < -0.3 is 16.4 Å². The third kappa shape index (κ3) is 5.67. The van der Waals surface area contributed by atoms with Crippen LogP contribution >= 0.6 is 0 Å². The average molecular weight is 301 g/mol. The fourth-order valence-corrected chi connectivity index (χ4v) is 1.92. The number of hydrogen-bond donors (Lipinski definition) is 3. The Hall–Kier alpha value is -2.81. The topological polar surface area (TPSA) is 101 Å². The van der Waals surface area contributed by atoms with Crippen LogP contribution in [0.3, 0.4) is 0 Å². The standard InChI is InChI=1S/C16H19N3O3/c1-3-7-13(15(17)21)19-16(22)14(18-11(2)20)10-12-8-5-4-6-9-12/h1,4-6,8-9,13-14H,7,10H2,2H3,(H2,17,21)(H,18,20)(H,19,22)/t13-,14+/m1/s1. The molecule has 0 aliphatic rings. The molecule has 0 fully saturated rings. The molecule has 116 valence electrons. The van der Waals surface area contributed by atoms with Crippen molar-refractivity contribution in [3.05, 3.63) is 35.9 Å². The number of amides is 3. The van der Waals surface area contributed by atoms with E-state index >= 15 is 0 Å². The van der Waals surface area contributed by atoms with Crippen molar-refractivity contribution in [2.24, 2.45) is 5.73 Å². The van der Waals surface area contributed by atoms with E-state index in [4.69, 9.17) is 12.2 Å². The van der Waals surface area contributed by atoms with Gasteiger partial charge in [0, 0.05) is 19.8 Å². The summed E-state index contributed by atoms with van der Waals surface area (Å²) in [7, 11) is 0. The van der Waals surface area contributed by atoms with E-state index in [1.807, 2.05) is 30.3 Å². The monoisotopic (exact) mass is 301 g/mol. The number of benzene rings is 1. The number of hydrogen-bond acceptors (Lipinski definition) is 3. The Morgan fingerprint density at radius 1 is 1.18 bits per heavy atom. The quantitative estimate of drug-likeness (QED) is 0.604. The van der Waals surface area contributed by atoms with E-state index in [-0.39, 0.29) is 12.3 Å². The summed E-state index contributed by atoms with van der Waals surface area (Å²) >= 11 is 0. The molecule has 0 spiro atoms. The van der Waals surface area contributed by atoms with Gasteiger partial charge in [-0.15, -0.1) is 12.3 Å². The summed E-state index contributed by atoms with van der Waals surface area (Å²) in [5, 5.41) is 5.03. The molecule has 0 unspecified atom stereocenters. The summed E-state index contributed by atoms with van der Waals surface area (Å²) < 4.78 is 0. The van der Waals surface area contributed by atoms with Gasteiger partial charge in [0.2, 0.25) is 17.7 Å². The lowest BCUT2D eigenvalue weighted by Gasteiger charge is -2.20. The van der Waals surface area contributed by atoms with Crippen LogP contribution in [0, 0.1) is 12.3 Å². The first-order valence-corrected chi connectivity index (χ1v) is 6.78. The van der Waals surface area contributed by atoms with Crippen molar-refractivity contribution in [1.29, 1.82) is 0 Å². The summed E-state index contributed by atoms with van der Waals surface area (Å²) in [4.78, 5) is 34.8. The molecular weight excluding hydrogens is 282 g/mol. The molecule has 0 bridgehead atoms. The number of nitrogens with one attached hydrogen (secondary N) is 2. The van der Waals surface area contributed by atoms with Gasteiger partial charge in [0.1, 0.15) is 12.1 Å². The minimum atomic E-state index is -0.954. The predicted molar refractivity (Wildman–Crippen MR) is 82.3 cm³/mol. The number of terminal acetylenes is 1. The van der Waals surface area contributed by atoms with Gasteiger partial charge in [-0.1, -0.05) is 30.3 Å². The summed E-state index contributed by atoms with van der Waals surface area (Å²) in [6, 6.07) is 7.45. The van der Waals surface area contributed by atoms with Gasteiger partial charge in [-0.3, -0.25) is 14.4 Å². The Balaban J connectivity index is 2.82. The molecule has 0 aliphatic carbocycles. The van der Waals surface area contributed by atoms with E-state index in [9.17, 15) is 14.4 Å². The van der Waals surface area contributed by atoms with E-state index in [2.05, 4.69) is 16.6 Å². The lowest BCUT2D eigenvalue weighted by Crippen LogP contribution is -2.53. The van der Waals surface area contributed by atoms with Crippen LogP contribution in [0.25, 0.3) is 0 Å². The molecule has 1 aromatic carbocycles. The summed E-state index contributed by atoms with van der Waals surface area (Å²) in [6.45, 7) is 1.32. The first kappa shape index (κ1) is 17.2. The number of carbonyl (C=O) groups excluding carboxylic acids is 3. The van der Waals surface area contributed by atoms with Crippen LogP contribution in [0.4, 0.5) is 0 Å². The summed E-state index contributed by atoms with van der Waals surface area (Å²) in [5.74, 6) is 0.720. The van der Waals surface area contributed by atoms with Crippen molar-refractivity contribution in [3.63, 3.8) is 0 Å². The SMILES string of the molecule is C#CC[C@@H](NC(=O)[C@H](Cc1ccccc1)NC(C)=O)C(N)=O. The van der Waals surface area contributed by atoms with Crippen molar-refractivity contribution in [2.75, 3.05) is 0 Å². The second kappa shape index (κ2) is 8.47. The Morgan fingerprint density at radius 3 is 2.32 bits per heavy atom. The Kier molecular flexibility index (Phi) is 6.64. The molecule has 6 heteroatoms. The summed E-state index contributed by atoms with van der Waals surface area (Å²) in [5.41, 5.74) is 6.07. The molecule has 0 saturated carbocycles. The van der Waals surface area contributed by atoms with E-state index in [0.29, 0.717) is 6.42 Å². The van der Waals surface area contributed by atoms with Crippen molar-refractivity contribution >= 4 is 17.7 Å². The highest BCUT2D eigenvalue weighted by molar-refractivity contribution is 5.91. The molecule has 22 heavy (non-hydrogen) atoms. The van der Waals surface area contributed by atoms with E-state index in [1.54, 1.807) is 0 Å². The Labute approximate surface area is 129 Å². The van der Waals surface area contributed by atoms with Crippen molar-refractivity contribution in [2.45, 2.75) is 31.8 Å². The van der Waals surface area contributed by atoms with Crippen LogP contribution in [0.15, 0.2) is 30.3 Å². The predicted octanol–water partition coefficient (Wildman–Crippen LogP) is -0.273. The van der Waals surface area contributed by atoms with Gasteiger partial charge in [-0.2, -0.15) is 0 Å². The molecule has 6 nitrogen and oxygen atoms in total. The van der Waals surface area contributed by atoms with Crippen LogP contribution < -0.4 is 16.4 Å². The molecule has 4 N–H and O–H groups in total. The first-order chi connectivity index (χ1) is 10.4. The highest BCUT2D eigenvalue weighted by atomic mass is 16.2. The molecule has 1 rings (SSSR count). The summed E-state index contributed by atoms with van der Waals surface area (Å²) in [6.07, 6.45) is 5.44. The largest absolute Gasteiger partial charge is 0.368 e. The molecule has 0 aromatic heterocycles. The second-order valence-corrected chi connectivity index (χ2v) is 4.81. The van der Waals surface area contributed by atoms with Gasteiger partial charge in [0.15, 0.2) is 0 Å². The van der Waals surface area contributed by atoms with Crippen molar-refractivity contribution < 1.29 is 14.4 Å². The Bertz CT molecular complexity index is 578. The van der Waals surface area contributed by atoms with Crippen LogP contribution in [0.2, 0.25) is 0 Å². The molecule has 2 atom stereocenters. The zero-order valence-electron chi connectivity index (χ0n) is 12.3. The van der Waals surface area contributed by atoms with Crippen LogP contribution in [0.5, 0.6) is 0 Å². The van der Waals surface area contributed by atoms with Crippen LogP contribution in [-0.2, 0) is 20.8 Å². The third-order valence-corrected chi connectivity index (χ3v) is 2.96. The minimum Gasteiger partial charge on any atom is -0.368 e. The van der Waals surface area contributed by atoms with Gasteiger partial charge in [0.05, 0.1) is 0 Å². The number of rotatable bonds is 7. The highest BCUT2D eigenvalue weighted by Gasteiger charge is 2.24. The maximum Gasteiger partial charge on any atom is 0.243 e. The van der Waals surface area contributed by atoms with Crippen LogP contribution in [0.1, 0.15) is 18.9 Å². The zero-order chi connectivity index (χ0) is 16.5. The van der Waals surface area contributed by atoms with Gasteiger partial charge in [-0.25, -0.2) is 0 Å². The number of primary amides is 1. The van der Waals surface area contributed by atoms with E-state index < -0.39 is 23.9 Å². The van der Waals surface area contributed by atoms with Crippen molar-refractivity contribution in [3.8, 4) is 12.3 Å². The smallest absolute Gasteiger partial charge is 0.243 e. The van der Waals surface area contributed by atoms with Crippen LogP contribution in [-0.4, -0.2) is 29.8 Å². The molecule has 0 saturated heterocycles. The van der Waals surface area contributed by atoms with Gasteiger partial charge in [0.25, 0.3) is 0 Å². The normalized spacial score (nSPS) is 12.5. The fraction of sp³-hybridized carbons (Fsp3) is 0.312. The lowest BCUT2D eigenvalue weighted by atomic mass is 10.0. The average Bonchev–Trinajstić information content (AvgIpc) is 2.46. The van der Waals surface area contributed by atoms with Gasteiger partial charge in [-0.05, 0) is 5.56 Å². The molecule has 3 amide bonds. The molecule has 0 radical (unpaired) electrons. The Morgan fingerprint density at radius 2 is 1.82 bits per heavy atom. The number of nitrogens with two attached hydrogens (primary N) is 1. The molecular formula is C16H19N3O3. The molecule has 0 aliphatic heterocycles. The lowest BCUT2D eigenvalue weighted by molar-refractivity contribution is -0.130. The van der Waals surface area contributed by atoms with E-state index in [0.717, 1.165) is 5.56 Å². The van der Waals surface area contributed by atoms with Crippen molar-refractivity contribution in [1.82, 2.24) is 10.6 Å². The zero-order valence-corrected chi connectivity index (χ0v) is 12.3. The third-order valence-electron chi connectivity index (χ3n) is 2.96. The first-order valence-electron chi connectivity index (χ1n) is 6.78. The second-order valence-electron chi connectivity index (χ2n) is 4.81. The highest BCUT2D eigenvalue weighted by Crippen LogP contribution is 2.04. The molecule has 0 heterocycles. The maximum absolute atomic E-state index is 12.3. The fourth-order valence-electron chi connectivity index (χ4n) is 1.92. The number of carbonyl (C=O) groups is 3. The minimum absolute atomic E-state index is 0.000792. The molecule has 1 aromatic rings. The van der Waals surface area contributed by atoms with E-state index in [1.165, 1.54) is 6.92 Å². The van der Waals surface area contributed by atoms with Gasteiger partial charge >= 0.3 is 0 Å².